The van der Waals surface area contributed by atoms with E-state index in [0.717, 1.165) is 56.3 Å². The van der Waals surface area contributed by atoms with Gasteiger partial charge < -0.3 is 14.1 Å². The van der Waals surface area contributed by atoms with Gasteiger partial charge in [-0.15, -0.1) is 12.4 Å². The predicted octanol–water partition coefficient (Wildman–Crippen LogP) is 3.62. The summed E-state index contributed by atoms with van der Waals surface area (Å²) in [7, 11) is 1.70. The van der Waals surface area contributed by atoms with E-state index in [-0.39, 0.29) is 12.4 Å². The minimum absolute atomic E-state index is 0. The van der Waals surface area contributed by atoms with Crippen LogP contribution < -0.4 is 9.64 Å². The summed E-state index contributed by atoms with van der Waals surface area (Å²) in [6.45, 7) is 5.07. The van der Waals surface area contributed by atoms with E-state index in [4.69, 9.17) is 9.15 Å². The van der Waals surface area contributed by atoms with E-state index in [2.05, 4.69) is 26.9 Å². The highest BCUT2D eigenvalue weighted by Gasteiger charge is 2.20. The van der Waals surface area contributed by atoms with Crippen LogP contribution in [0.4, 0.5) is 5.82 Å². The van der Waals surface area contributed by atoms with Crippen molar-refractivity contribution in [2.75, 3.05) is 44.7 Å². The van der Waals surface area contributed by atoms with Crippen molar-refractivity contribution < 1.29 is 9.15 Å². The van der Waals surface area contributed by atoms with E-state index in [1.807, 2.05) is 36.7 Å². The second-order valence-corrected chi connectivity index (χ2v) is 6.37. The van der Waals surface area contributed by atoms with E-state index in [1.165, 1.54) is 10.9 Å². The van der Waals surface area contributed by atoms with Crippen LogP contribution in [0.15, 0.2) is 53.3 Å². The average molecular weight is 374 g/mol. The maximum absolute atomic E-state index is 5.64. The number of anilines is 1. The van der Waals surface area contributed by atoms with Gasteiger partial charge in [-0.05, 0) is 30.2 Å². The number of nitrogens with zero attached hydrogens (tertiary/aromatic N) is 3. The summed E-state index contributed by atoms with van der Waals surface area (Å²) in [6.07, 6.45) is 4.75. The number of ether oxygens (including phenoxy) is 1. The van der Waals surface area contributed by atoms with Crippen LogP contribution in [0.25, 0.3) is 11.0 Å². The molecule has 6 heteroatoms. The quantitative estimate of drug-likeness (QED) is 0.683. The maximum Gasteiger partial charge on any atom is 0.171 e. The molecular formula is C20H24ClN3O2. The fourth-order valence-corrected chi connectivity index (χ4v) is 3.47. The van der Waals surface area contributed by atoms with Crippen molar-refractivity contribution in [1.82, 2.24) is 9.88 Å². The molecule has 0 N–H and O–H groups in total. The SMILES string of the molecule is COc1cccnc1N1CCN(CCc2coc3ccccc23)CC1.Cl. The molecule has 3 heterocycles. The molecule has 138 valence electrons. The molecule has 0 unspecified atom stereocenters. The first-order valence-corrected chi connectivity index (χ1v) is 8.76. The van der Waals surface area contributed by atoms with Gasteiger partial charge >= 0.3 is 0 Å². The lowest BCUT2D eigenvalue weighted by Gasteiger charge is -2.35. The third-order valence-corrected chi connectivity index (χ3v) is 4.90. The van der Waals surface area contributed by atoms with Crippen LogP contribution in [0, 0.1) is 0 Å². The molecule has 5 nitrogen and oxygen atoms in total. The summed E-state index contributed by atoms with van der Waals surface area (Å²) in [5.41, 5.74) is 2.27. The second-order valence-electron chi connectivity index (χ2n) is 6.37. The number of furan rings is 1. The normalized spacial score (nSPS) is 15.0. The molecule has 3 aromatic rings. The number of methoxy groups -OCH3 is 1. The van der Waals surface area contributed by atoms with E-state index in [1.54, 1.807) is 7.11 Å². The molecule has 0 amide bonds. The smallest absolute Gasteiger partial charge is 0.171 e. The number of pyridine rings is 1. The molecule has 1 fully saturated rings. The number of halogens is 1. The van der Waals surface area contributed by atoms with Gasteiger partial charge in [-0.1, -0.05) is 18.2 Å². The number of aromatic nitrogens is 1. The van der Waals surface area contributed by atoms with Crippen LogP contribution in [-0.4, -0.2) is 49.7 Å². The van der Waals surface area contributed by atoms with Gasteiger partial charge in [-0.25, -0.2) is 4.98 Å². The van der Waals surface area contributed by atoms with Crippen molar-refractivity contribution >= 4 is 29.2 Å². The van der Waals surface area contributed by atoms with Crippen molar-refractivity contribution in [2.45, 2.75) is 6.42 Å². The summed E-state index contributed by atoms with van der Waals surface area (Å²) < 4.78 is 11.1. The Morgan fingerprint density at radius 1 is 1.08 bits per heavy atom. The largest absolute Gasteiger partial charge is 0.493 e. The summed E-state index contributed by atoms with van der Waals surface area (Å²) in [5, 5.41) is 1.24. The van der Waals surface area contributed by atoms with Gasteiger partial charge in [0.15, 0.2) is 11.6 Å². The first-order valence-electron chi connectivity index (χ1n) is 8.76. The number of para-hydroxylation sites is 1. The zero-order chi connectivity index (χ0) is 17.1. The summed E-state index contributed by atoms with van der Waals surface area (Å²) in [6, 6.07) is 12.1. The number of fused-ring (bicyclic) bond motifs is 1. The Morgan fingerprint density at radius 3 is 2.69 bits per heavy atom. The maximum atomic E-state index is 5.64. The minimum atomic E-state index is 0. The molecular weight excluding hydrogens is 350 g/mol. The minimum Gasteiger partial charge on any atom is -0.493 e. The van der Waals surface area contributed by atoms with Crippen LogP contribution in [0.3, 0.4) is 0 Å². The van der Waals surface area contributed by atoms with Crippen molar-refractivity contribution in [1.29, 1.82) is 0 Å². The molecule has 0 radical (unpaired) electrons. The Morgan fingerprint density at radius 2 is 1.88 bits per heavy atom. The van der Waals surface area contributed by atoms with Gasteiger partial charge in [-0.3, -0.25) is 4.90 Å². The molecule has 1 aromatic carbocycles. The highest BCUT2D eigenvalue weighted by atomic mass is 35.5. The zero-order valence-corrected chi connectivity index (χ0v) is 15.7. The average Bonchev–Trinajstić information content (AvgIpc) is 3.10. The summed E-state index contributed by atoms with van der Waals surface area (Å²) in [5.74, 6) is 1.80. The molecule has 0 spiro atoms. The van der Waals surface area contributed by atoms with E-state index in [9.17, 15) is 0 Å². The highest BCUT2D eigenvalue weighted by Crippen LogP contribution is 2.26. The molecule has 1 aliphatic rings. The molecule has 26 heavy (non-hydrogen) atoms. The highest BCUT2D eigenvalue weighted by molar-refractivity contribution is 5.85. The van der Waals surface area contributed by atoms with Crippen molar-refractivity contribution in [3.63, 3.8) is 0 Å². The van der Waals surface area contributed by atoms with Crippen molar-refractivity contribution in [3.05, 3.63) is 54.4 Å². The fourth-order valence-electron chi connectivity index (χ4n) is 3.47. The Hall–Kier alpha value is -2.24. The molecule has 1 aliphatic heterocycles. The van der Waals surface area contributed by atoms with Gasteiger partial charge in [0.2, 0.25) is 0 Å². The van der Waals surface area contributed by atoms with Gasteiger partial charge in [0, 0.05) is 44.3 Å². The van der Waals surface area contributed by atoms with E-state index in [0.29, 0.717) is 0 Å². The topological polar surface area (TPSA) is 41.7 Å². The van der Waals surface area contributed by atoms with Gasteiger partial charge in [-0.2, -0.15) is 0 Å². The van der Waals surface area contributed by atoms with Crippen molar-refractivity contribution in [3.8, 4) is 5.75 Å². The number of hydrogen-bond acceptors (Lipinski definition) is 5. The van der Waals surface area contributed by atoms with Gasteiger partial charge in [0.05, 0.1) is 13.4 Å². The predicted molar refractivity (Wildman–Crippen MR) is 107 cm³/mol. The lowest BCUT2D eigenvalue weighted by atomic mass is 10.1. The Kier molecular flexibility index (Phi) is 6.01. The number of rotatable bonds is 5. The molecule has 0 bridgehead atoms. The van der Waals surface area contributed by atoms with Crippen LogP contribution >= 0.6 is 12.4 Å². The number of hydrogen-bond donors (Lipinski definition) is 0. The Bertz CT molecular complexity index is 844. The van der Waals surface area contributed by atoms with E-state index >= 15 is 0 Å². The second kappa shape index (κ2) is 8.43. The van der Waals surface area contributed by atoms with Gasteiger partial charge in [0.25, 0.3) is 0 Å². The summed E-state index contributed by atoms with van der Waals surface area (Å²) >= 11 is 0. The molecule has 1 saturated heterocycles. The molecule has 2 aromatic heterocycles. The molecule has 0 saturated carbocycles. The number of benzene rings is 1. The first-order chi connectivity index (χ1) is 12.3. The molecule has 4 rings (SSSR count). The number of piperazine rings is 1. The third-order valence-electron chi connectivity index (χ3n) is 4.90. The van der Waals surface area contributed by atoms with Crippen LogP contribution in [-0.2, 0) is 6.42 Å². The third kappa shape index (κ3) is 3.79. The molecule has 0 atom stereocenters. The lowest BCUT2D eigenvalue weighted by molar-refractivity contribution is 0.259. The van der Waals surface area contributed by atoms with E-state index < -0.39 is 0 Å². The lowest BCUT2D eigenvalue weighted by Crippen LogP contribution is -2.47. The first kappa shape index (κ1) is 18.5. The fraction of sp³-hybridized carbons (Fsp3) is 0.350. The summed E-state index contributed by atoms with van der Waals surface area (Å²) in [4.78, 5) is 9.30. The van der Waals surface area contributed by atoms with Crippen LogP contribution in [0.5, 0.6) is 5.75 Å². The monoisotopic (exact) mass is 373 g/mol. The molecule has 0 aliphatic carbocycles. The zero-order valence-electron chi connectivity index (χ0n) is 14.9. The Balaban J connectivity index is 0.00000196. The van der Waals surface area contributed by atoms with Gasteiger partial charge in [0.1, 0.15) is 5.58 Å². The van der Waals surface area contributed by atoms with Crippen LogP contribution in [0.1, 0.15) is 5.56 Å². The van der Waals surface area contributed by atoms with Crippen LogP contribution in [0.2, 0.25) is 0 Å². The standard InChI is InChI=1S/C20H23N3O2.ClH/c1-24-19-7-4-9-21-20(19)23-13-11-22(12-14-23)10-8-16-15-25-18-6-3-2-5-17(16)18;/h2-7,9,15H,8,10-14H2,1H3;1H. The Labute approximate surface area is 160 Å². The van der Waals surface area contributed by atoms with Crippen molar-refractivity contribution in [2.24, 2.45) is 0 Å².